The van der Waals surface area contributed by atoms with Crippen molar-refractivity contribution >= 4 is 15.9 Å². The minimum atomic E-state index is 0.783. The highest BCUT2D eigenvalue weighted by molar-refractivity contribution is 9.10. The SMILES string of the molecule is CCNCc1cnoc1-c1ccc(Br)cc1. The molecule has 16 heavy (non-hydrogen) atoms. The first-order valence-corrected chi connectivity index (χ1v) is 6.00. The van der Waals surface area contributed by atoms with E-state index in [0.717, 1.165) is 34.4 Å². The molecule has 1 aromatic carbocycles. The van der Waals surface area contributed by atoms with E-state index >= 15 is 0 Å². The molecule has 0 bridgehead atoms. The number of benzene rings is 1. The molecule has 0 amide bonds. The minimum Gasteiger partial charge on any atom is -0.356 e. The monoisotopic (exact) mass is 280 g/mol. The van der Waals surface area contributed by atoms with Crippen molar-refractivity contribution in [2.24, 2.45) is 0 Å². The van der Waals surface area contributed by atoms with Gasteiger partial charge in [0.1, 0.15) is 0 Å². The molecule has 2 rings (SSSR count). The lowest BCUT2D eigenvalue weighted by Crippen LogP contribution is -2.11. The third-order valence-electron chi connectivity index (χ3n) is 2.32. The molecular weight excluding hydrogens is 268 g/mol. The van der Waals surface area contributed by atoms with E-state index in [-0.39, 0.29) is 0 Å². The van der Waals surface area contributed by atoms with Gasteiger partial charge in [-0.1, -0.05) is 40.1 Å². The molecule has 2 aromatic rings. The predicted octanol–water partition coefficient (Wildman–Crippen LogP) is 3.21. The lowest BCUT2D eigenvalue weighted by molar-refractivity contribution is 0.431. The third-order valence-corrected chi connectivity index (χ3v) is 2.84. The average Bonchev–Trinajstić information content (AvgIpc) is 2.75. The van der Waals surface area contributed by atoms with Crippen LogP contribution in [0.5, 0.6) is 0 Å². The first-order valence-electron chi connectivity index (χ1n) is 5.21. The summed E-state index contributed by atoms with van der Waals surface area (Å²) in [6.45, 7) is 3.79. The number of nitrogens with one attached hydrogen (secondary N) is 1. The van der Waals surface area contributed by atoms with Gasteiger partial charge in [0, 0.05) is 22.1 Å². The normalized spacial score (nSPS) is 10.6. The Hall–Kier alpha value is -1.13. The maximum absolute atomic E-state index is 5.28. The van der Waals surface area contributed by atoms with Crippen LogP contribution >= 0.6 is 15.9 Å². The molecule has 0 unspecified atom stereocenters. The van der Waals surface area contributed by atoms with Crippen molar-refractivity contribution < 1.29 is 4.52 Å². The van der Waals surface area contributed by atoms with Gasteiger partial charge in [-0.15, -0.1) is 0 Å². The summed E-state index contributed by atoms with van der Waals surface area (Å²) < 4.78 is 6.34. The van der Waals surface area contributed by atoms with Crippen molar-refractivity contribution in [2.75, 3.05) is 6.54 Å². The smallest absolute Gasteiger partial charge is 0.171 e. The van der Waals surface area contributed by atoms with Crippen LogP contribution in [0.25, 0.3) is 11.3 Å². The molecule has 0 aliphatic rings. The zero-order chi connectivity index (χ0) is 11.4. The number of nitrogens with zero attached hydrogens (tertiary/aromatic N) is 1. The Kier molecular flexibility index (Phi) is 3.74. The van der Waals surface area contributed by atoms with Gasteiger partial charge in [0.15, 0.2) is 5.76 Å². The maximum Gasteiger partial charge on any atom is 0.171 e. The topological polar surface area (TPSA) is 38.1 Å². The van der Waals surface area contributed by atoms with Crippen LogP contribution in [0.1, 0.15) is 12.5 Å². The Morgan fingerprint density at radius 1 is 1.31 bits per heavy atom. The Morgan fingerprint density at radius 3 is 2.75 bits per heavy atom. The quantitative estimate of drug-likeness (QED) is 0.935. The summed E-state index contributed by atoms with van der Waals surface area (Å²) >= 11 is 3.41. The summed E-state index contributed by atoms with van der Waals surface area (Å²) in [5.41, 5.74) is 2.14. The van der Waals surface area contributed by atoms with Gasteiger partial charge in [-0.25, -0.2) is 0 Å². The average molecular weight is 281 g/mol. The molecule has 0 aliphatic heterocycles. The van der Waals surface area contributed by atoms with Gasteiger partial charge in [0.25, 0.3) is 0 Å². The second kappa shape index (κ2) is 5.27. The Morgan fingerprint density at radius 2 is 2.06 bits per heavy atom. The van der Waals surface area contributed by atoms with Crippen molar-refractivity contribution in [3.8, 4) is 11.3 Å². The van der Waals surface area contributed by atoms with Crippen LogP contribution in [0.2, 0.25) is 0 Å². The van der Waals surface area contributed by atoms with Gasteiger partial charge in [0.2, 0.25) is 0 Å². The molecule has 0 saturated heterocycles. The van der Waals surface area contributed by atoms with Gasteiger partial charge in [-0.2, -0.15) is 0 Å². The van der Waals surface area contributed by atoms with E-state index in [4.69, 9.17) is 4.52 Å². The largest absolute Gasteiger partial charge is 0.356 e. The number of hydrogen-bond acceptors (Lipinski definition) is 3. The molecule has 3 nitrogen and oxygen atoms in total. The van der Waals surface area contributed by atoms with Gasteiger partial charge >= 0.3 is 0 Å². The van der Waals surface area contributed by atoms with Crippen LogP contribution in [-0.4, -0.2) is 11.7 Å². The van der Waals surface area contributed by atoms with Crippen molar-refractivity contribution in [3.63, 3.8) is 0 Å². The number of halogens is 1. The van der Waals surface area contributed by atoms with E-state index in [1.807, 2.05) is 24.3 Å². The lowest BCUT2D eigenvalue weighted by Gasteiger charge is -2.01. The van der Waals surface area contributed by atoms with Crippen molar-refractivity contribution in [1.29, 1.82) is 0 Å². The Labute approximate surface area is 103 Å². The summed E-state index contributed by atoms with van der Waals surface area (Å²) in [7, 11) is 0. The Balaban J connectivity index is 2.26. The summed E-state index contributed by atoms with van der Waals surface area (Å²) in [4.78, 5) is 0. The van der Waals surface area contributed by atoms with E-state index in [9.17, 15) is 0 Å². The molecule has 0 radical (unpaired) electrons. The molecule has 0 saturated carbocycles. The minimum absolute atomic E-state index is 0.783. The van der Waals surface area contributed by atoms with E-state index in [2.05, 4.69) is 33.3 Å². The highest BCUT2D eigenvalue weighted by Crippen LogP contribution is 2.24. The van der Waals surface area contributed by atoms with Crippen molar-refractivity contribution in [2.45, 2.75) is 13.5 Å². The molecular formula is C12H13BrN2O. The fourth-order valence-electron chi connectivity index (χ4n) is 1.48. The summed E-state index contributed by atoms with van der Waals surface area (Å²) in [5, 5.41) is 7.11. The molecule has 1 N–H and O–H groups in total. The standard InChI is InChI=1S/C12H13BrN2O/c1-2-14-7-10-8-15-16-12(10)9-3-5-11(13)6-4-9/h3-6,8,14H,2,7H2,1H3. The van der Waals surface area contributed by atoms with Gasteiger partial charge < -0.3 is 9.84 Å². The number of aromatic nitrogens is 1. The van der Waals surface area contributed by atoms with E-state index in [0.29, 0.717) is 0 Å². The molecule has 4 heteroatoms. The third kappa shape index (κ3) is 2.51. The van der Waals surface area contributed by atoms with Crippen LogP contribution in [0.3, 0.4) is 0 Å². The summed E-state index contributed by atoms with van der Waals surface area (Å²) in [5.74, 6) is 0.841. The van der Waals surface area contributed by atoms with Gasteiger partial charge in [-0.05, 0) is 18.7 Å². The van der Waals surface area contributed by atoms with Gasteiger partial charge in [0.05, 0.1) is 6.20 Å². The molecule has 84 valence electrons. The van der Waals surface area contributed by atoms with Crippen LogP contribution < -0.4 is 5.32 Å². The zero-order valence-corrected chi connectivity index (χ0v) is 10.6. The molecule has 1 aromatic heterocycles. The Bertz CT molecular complexity index is 450. The number of hydrogen-bond donors (Lipinski definition) is 1. The first-order chi connectivity index (χ1) is 7.81. The summed E-state index contributed by atoms with van der Waals surface area (Å²) in [6.07, 6.45) is 1.76. The van der Waals surface area contributed by atoms with Crippen LogP contribution in [0.4, 0.5) is 0 Å². The first kappa shape index (κ1) is 11.4. The molecule has 0 atom stereocenters. The van der Waals surface area contributed by atoms with E-state index in [1.165, 1.54) is 0 Å². The predicted molar refractivity (Wildman–Crippen MR) is 67.0 cm³/mol. The molecule has 1 heterocycles. The fraction of sp³-hybridized carbons (Fsp3) is 0.250. The van der Waals surface area contributed by atoms with E-state index in [1.54, 1.807) is 6.20 Å². The lowest BCUT2D eigenvalue weighted by atomic mass is 10.1. The zero-order valence-electron chi connectivity index (χ0n) is 9.03. The van der Waals surface area contributed by atoms with Crippen molar-refractivity contribution in [1.82, 2.24) is 10.5 Å². The highest BCUT2D eigenvalue weighted by Gasteiger charge is 2.09. The number of rotatable bonds is 4. The van der Waals surface area contributed by atoms with Crippen LogP contribution in [-0.2, 0) is 6.54 Å². The van der Waals surface area contributed by atoms with Crippen molar-refractivity contribution in [3.05, 3.63) is 40.5 Å². The van der Waals surface area contributed by atoms with E-state index < -0.39 is 0 Å². The highest BCUT2D eigenvalue weighted by atomic mass is 79.9. The molecule has 0 aliphatic carbocycles. The molecule has 0 spiro atoms. The maximum atomic E-state index is 5.28. The van der Waals surface area contributed by atoms with Crippen LogP contribution in [0.15, 0.2) is 39.5 Å². The second-order valence-corrected chi connectivity index (χ2v) is 4.38. The second-order valence-electron chi connectivity index (χ2n) is 3.47. The summed E-state index contributed by atoms with van der Waals surface area (Å²) in [6, 6.07) is 8.02. The molecule has 0 fully saturated rings. The van der Waals surface area contributed by atoms with Crippen LogP contribution in [0, 0.1) is 0 Å². The fourth-order valence-corrected chi connectivity index (χ4v) is 1.75. The van der Waals surface area contributed by atoms with Gasteiger partial charge in [-0.3, -0.25) is 0 Å².